The second-order valence-electron chi connectivity index (χ2n) is 4.54. The first-order valence-electron chi connectivity index (χ1n) is 6.06. The van der Waals surface area contributed by atoms with E-state index in [0.29, 0.717) is 18.7 Å². The van der Waals surface area contributed by atoms with Crippen molar-refractivity contribution >= 4 is 17.5 Å². The Morgan fingerprint density at radius 2 is 2.26 bits per heavy atom. The van der Waals surface area contributed by atoms with Gasteiger partial charge in [0.05, 0.1) is 0 Å². The summed E-state index contributed by atoms with van der Waals surface area (Å²) < 4.78 is 1.25. The number of nitrogens with zero attached hydrogens (tertiary/aromatic N) is 1. The summed E-state index contributed by atoms with van der Waals surface area (Å²) in [5.74, 6) is -0.278. The van der Waals surface area contributed by atoms with Crippen molar-refractivity contribution in [2.75, 3.05) is 12.3 Å². The Hall–Kier alpha value is -2.31. The summed E-state index contributed by atoms with van der Waals surface area (Å²) in [6.45, 7) is 0.298. The summed E-state index contributed by atoms with van der Waals surface area (Å²) in [5.41, 5.74) is 5.70. The average molecular weight is 264 g/mol. The van der Waals surface area contributed by atoms with Crippen molar-refractivity contribution < 1.29 is 9.59 Å². The minimum Gasteiger partial charge on any atom is -0.398 e. The van der Waals surface area contributed by atoms with Gasteiger partial charge in [0.2, 0.25) is 11.8 Å². The molecule has 0 spiro atoms. The lowest BCUT2D eigenvalue weighted by Crippen LogP contribution is -2.40. The fraction of sp³-hybridized carbons (Fsp3) is 0.417. The van der Waals surface area contributed by atoms with E-state index in [2.05, 4.69) is 10.6 Å². The largest absolute Gasteiger partial charge is 0.398 e. The summed E-state index contributed by atoms with van der Waals surface area (Å²) in [6.07, 6.45) is 2.64. The molecule has 1 aliphatic rings. The summed E-state index contributed by atoms with van der Waals surface area (Å²) in [4.78, 5) is 34.2. The van der Waals surface area contributed by atoms with E-state index in [-0.39, 0.29) is 30.0 Å². The highest BCUT2D eigenvalue weighted by atomic mass is 16.2. The maximum Gasteiger partial charge on any atom is 0.251 e. The summed E-state index contributed by atoms with van der Waals surface area (Å²) in [7, 11) is 0. The van der Waals surface area contributed by atoms with Crippen LogP contribution in [-0.2, 0) is 16.1 Å². The molecule has 1 aromatic rings. The van der Waals surface area contributed by atoms with Crippen molar-refractivity contribution in [3.8, 4) is 0 Å². The number of nitrogens with one attached hydrogen (secondary N) is 2. The summed E-state index contributed by atoms with van der Waals surface area (Å²) in [5, 5.41) is 5.44. The Morgan fingerprint density at radius 1 is 1.47 bits per heavy atom. The molecule has 2 rings (SSSR count). The van der Waals surface area contributed by atoms with Gasteiger partial charge in [0.15, 0.2) is 0 Å². The Balaban J connectivity index is 1.85. The van der Waals surface area contributed by atoms with Gasteiger partial charge in [0.25, 0.3) is 5.56 Å². The smallest absolute Gasteiger partial charge is 0.251 e. The third-order valence-corrected chi connectivity index (χ3v) is 2.95. The number of rotatable bonds is 4. The van der Waals surface area contributed by atoms with Crippen LogP contribution in [0.3, 0.4) is 0 Å². The van der Waals surface area contributed by atoms with E-state index >= 15 is 0 Å². The van der Waals surface area contributed by atoms with E-state index in [0.717, 1.165) is 6.42 Å². The average Bonchev–Trinajstić information content (AvgIpc) is 2.77. The van der Waals surface area contributed by atoms with Crippen LogP contribution >= 0.6 is 0 Å². The van der Waals surface area contributed by atoms with Gasteiger partial charge in [0, 0.05) is 37.0 Å². The number of carbonyl (C=O) groups is 2. The van der Waals surface area contributed by atoms with E-state index < -0.39 is 0 Å². The third kappa shape index (κ3) is 3.57. The minimum absolute atomic E-state index is 0.00583. The van der Waals surface area contributed by atoms with Crippen LogP contribution in [0.15, 0.2) is 23.1 Å². The van der Waals surface area contributed by atoms with E-state index in [1.807, 2.05) is 0 Å². The zero-order valence-corrected chi connectivity index (χ0v) is 10.4. The van der Waals surface area contributed by atoms with E-state index in [4.69, 9.17) is 5.73 Å². The van der Waals surface area contributed by atoms with Crippen LogP contribution in [0, 0.1) is 0 Å². The van der Waals surface area contributed by atoms with Gasteiger partial charge in [-0.05, 0) is 12.5 Å². The van der Waals surface area contributed by atoms with Crippen LogP contribution in [0.25, 0.3) is 0 Å². The molecule has 7 heteroatoms. The molecule has 1 aliphatic heterocycles. The first-order valence-corrected chi connectivity index (χ1v) is 6.06. The van der Waals surface area contributed by atoms with Crippen LogP contribution < -0.4 is 21.9 Å². The number of hydrogen-bond acceptors (Lipinski definition) is 4. The number of amides is 2. The fourth-order valence-corrected chi connectivity index (χ4v) is 1.95. The number of anilines is 1. The molecule has 1 unspecified atom stereocenters. The number of hydrogen-bond donors (Lipinski definition) is 3. The van der Waals surface area contributed by atoms with Crippen LogP contribution in [0.5, 0.6) is 0 Å². The minimum atomic E-state index is -0.283. The lowest BCUT2D eigenvalue weighted by molar-refractivity contribution is -0.122. The van der Waals surface area contributed by atoms with E-state index in [9.17, 15) is 14.4 Å². The topological polar surface area (TPSA) is 106 Å². The lowest BCUT2D eigenvalue weighted by Gasteiger charge is -2.12. The zero-order valence-electron chi connectivity index (χ0n) is 10.4. The van der Waals surface area contributed by atoms with Gasteiger partial charge >= 0.3 is 0 Å². The molecule has 0 aliphatic carbocycles. The van der Waals surface area contributed by atoms with Gasteiger partial charge < -0.3 is 20.9 Å². The molecule has 1 fully saturated rings. The molecular formula is C12H16N4O3. The predicted molar refractivity (Wildman–Crippen MR) is 69.3 cm³/mol. The Labute approximate surface area is 109 Å². The number of aromatic nitrogens is 1. The van der Waals surface area contributed by atoms with Gasteiger partial charge in [0.1, 0.15) is 6.54 Å². The van der Waals surface area contributed by atoms with Crippen LogP contribution in [0.1, 0.15) is 12.8 Å². The van der Waals surface area contributed by atoms with Crippen LogP contribution in [-0.4, -0.2) is 29.0 Å². The zero-order chi connectivity index (χ0) is 13.8. The third-order valence-electron chi connectivity index (χ3n) is 2.95. The van der Waals surface area contributed by atoms with Gasteiger partial charge in [-0.1, -0.05) is 0 Å². The highest BCUT2D eigenvalue weighted by molar-refractivity contribution is 5.79. The summed E-state index contributed by atoms with van der Waals surface area (Å²) in [6, 6.07) is 2.79. The molecule has 1 atom stereocenters. The van der Waals surface area contributed by atoms with Gasteiger partial charge in [-0.3, -0.25) is 14.4 Å². The predicted octanol–water partition coefficient (Wildman–Crippen LogP) is -1.17. The normalized spacial score (nSPS) is 18.1. The van der Waals surface area contributed by atoms with Crippen molar-refractivity contribution in [1.29, 1.82) is 0 Å². The number of pyridine rings is 1. The van der Waals surface area contributed by atoms with Crippen LogP contribution in [0.4, 0.5) is 5.69 Å². The Kier molecular flexibility index (Phi) is 3.84. The lowest BCUT2D eigenvalue weighted by atomic mass is 10.2. The molecular weight excluding hydrogens is 248 g/mol. The second kappa shape index (κ2) is 5.55. The molecule has 1 saturated heterocycles. The van der Waals surface area contributed by atoms with Gasteiger partial charge in [-0.15, -0.1) is 0 Å². The van der Waals surface area contributed by atoms with Crippen molar-refractivity contribution in [2.45, 2.75) is 25.4 Å². The highest BCUT2D eigenvalue weighted by Gasteiger charge is 2.20. The maximum atomic E-state index is 11.7. The van der Waals surface area contributed by atoms with Crippen molar-refractivity contribution in [3.63, 3.8) is 0 Å². The molecule has 2 amide bonds. The van der Waals surface area contributed by atoms with Crippen molar-refractivity contribution in [1.82, 2.24) is 15.2 Å². The van der Waals surface area contributed by atoms with Crippen molar-refractivity contribution in [3.05, 3.63) is 28.7 Å². The first-order chi connectivity index (χ1) is 9.04. The van der Waals surface area contributed by atoms with E-state index in [1.165, 1.54) is 22.9 Å². The van der Waals surface area contributed by atoms with E-state index in [1.54, 1.807) is 0 Å². The van der Waals surface area contributed by atoms with Gasteiger partial charge in [-0.2, -0.15) is 0 Å². The molecule has 0 bridgehead atoms. The Morgan fingerprint density at radius 3 is 2.95 bits per heavy atom. The monoisotopic (exact) mass is 264 g/mol. The first kappa shape index (κ1) is 13.1. The quantitative estimate of drug-likeness (QED) is 0.636. The molecule has 102 valence electrons. The molecule has 0 saturated carbocycles. The Bertz CT molecular complexity index is 552. The number of carbonyl (C=O) groups excluding carboxylic acids is 2. The molecule has 0 radical (unpaired) electrons. The number of nitrogen functional groups attached to an aromatic ring is 1. The molecule has 1 aromatic heterocycles. The SMILES string of the molecule is Nc1ccc(=O)n(CC(=O)NCC2CCC(=O)N2)c1. The molecule has 0 aromatic carbocycles. The molecule has 19 heavy (non-hydrogen) atoms. The van der Waals surface area contributed by atoms with Crippen molar-refractivity contribution in [2.24, 2.45) is 0 Å². The standard InChI is InChI=1S/C12H16N4O3/c13-8-1-4-12(19)16(6-8)7-11(18)14-5-9-2-3-10(17)15-9/h1,4,6,9H,2-3,5,7,13H2,(H,14,18)(H,15,17). The highest BCUT2D eigenvalue weighted by Crippen LogP contribution is 2.04. The molecule has 4 N–H and O–H groups in total. The maximum absolute atomic E-state index is 11.7. The molecule has 7 nitrogen and oxygen atoms in total. The fourth-order valence-electron chi connectivity index (χ4n) is 1.95. The molecule has 2 heterocycles. The number of nitrogens with two attached hydrogens (primary N) is 1. The van der Waals surface area contributed by atoms with Crippen LogP contribution in [0.2, 0.25) is 0 Å². The second-order valence-corrected chi connectivity index (χ2v) is 4.54. The van der Waals surface area contributed by atoms with Gasteiger partial charge in [-0.25, -0.2) is 0 Å². The summed E-state index contributed by atoms with van der Waals surface area (Å²) >= 11 is 0.